The van der Waals surface area contributed by atoms with Gasteiger partial charge in [-0.2, -0.15) is 0 Å². The van der Waals surface area contributed by atoms with Gasteiger partial charge in [0.2, 0.25) is 0 Å². The maximum Gasteiger partial charge on any atom is 0.252 e. The molecule has 23 heavy (non-hydrogen) atoms. The summed E-state index contributed by atoms with van der Waals surface area (Å²) in [5.41, 5.74) is 1.84. The molecular weight excluding hydrogens is 351 g/mol. The second-order valence-corrected chi connectivity index (χ2v) is 7.54. The highest BCUT2D eigenvalue weighted by Gasteiger charge is 2.22. The summed E-state index contributed by atoms with van der Waals surface area (Å²) in [6, 6.07) is 7.56. The van der Waals surface area contributed by atoms with E-state index in [4.69, 9.17) is 23.2 Å². The summed E-state index contributed by atoms with van der Waals surface area (Å²) in [6.07, 6.45) is 1.09. The highest BCUT2D eigenvalue weighted by atomic mass is 35.5. The number of fused-ring (bicyclic) bond motifs is 1. The zero-order valence-corrected chi connectivity index (χ0v) is 15.1. The molecule has 122 valence electrons. The van der Waals surface area contributed by atoms with Crippen molar-refractivity contribution in [2.45, 2.75) is 25.9 Å². The molecular formula is C17H18Cl2N2OS. The minimum absolute atomic E-state index is 0.183. The highest BCUT2D eigenvalue weighted by molar-refractivity contribution is 7.10. The van der Waals surface area contributed by atoms with Gasteiger partial charge >= 0.3 is 0 Å². The van der Waals surface area contributed by atoms with Gasteiger partial charge in [0.05, 0.1) is 15.6 Å². The largest absolute Gasteiger partial charge is 0.350 e. The van der Waals surface area contributed by atoms with Crippen LogP contribution in [0.1, 0.15) is 27.7 Å². The van der Waals surface area contributed by atoms with Crippen molar-refractivity contribution in [3.63, 3.8) is 0 Å². The van der Waals surface area contributed by atoms with E-state index in [1.807, 2.05) is 11.3 Å². The van der Waals surface area contributed by atoms with Gasteiger partial charge in [0.15, 0.2) is 0 Å². The predicted octanol–water partition coefficient (Wildman–Crippen LogP) is 4.23. The maximum atomic E-state index is 12.3. The topological polar surface area (TPSA) is 32.3 Å². The Labute approximate surface area is 150 Å². The standard InChI is InChI=1S/C17H18Cl2N2OS/c1-11(21-7-5-15-12(10-21)6-8-23-15)9-20-17(22)13-3-2-4-14(18)16(13)19/h2-4,6,8,11H,5,7,9-10H2,1H3,(H,20,22). The van der Waals surface area contributed by atoms with Crippen LogP contribution in [0.5, 0.6) is 0 Å². The predicted molar refractivity (Wildman–Crippen MR) is 96.7 cm³/mol. The van der Waals surface area contributed by atoms with Crippen molar-refractivity contribution in [1.29, 1.82) is 0 Å². The third-order valence-corrected chi connectivity index (χ3v) is 6.06. The summed E-state index contributed by atoms with van der Waals surface area (Å²) in [6.45, 7) is 4.70. The maximum absolute atomic E-state index is 12.3. The van der Waals surface area contributed by atoms with Crippen molar-refractivity contribution < 1.29 is 4.79 Å². The molecule has 1 aliphatic heterocycles. The molecule has 1 unspecified atom stereocenters. The quantitative estimate of drug-likeness (QED) is 0.875. The molecule has 1 atom stereocenters. The molecule has 0 bridgehead atoms. The Bertz CT molecular complexity index is 716. The molecule has 3 rings (SSSR count). The van der Waals surface area contributed by atoms with Crippen molar-refractivity contribution in [3.8, 4) is 0 Å². The third-order valence-electron chi connectivity index (χ3n) is 4.21. The molecule has 6 heteroatoms. The zero-order valence-electron chi connectivity index (χ0n) is 12.8. The van der Waals surface area contributed by atoms with Crippen LogP contribution in [0, 0.1) is 0 Å². The molecule has 1 N–H and O–H groups in total. The highest BCUT2D eigenvalue weighted by Crippen LogP contribution is 2.26. The monoisotopic (exact) mass is 368 g/mol. The van der Waals surface area contributed by atoms with Gasteiger partial charge in [0.25, 0.3) is 5.91 Å². The molecule has 0 radical (unpaired) electrons. The summed E-state index contributed by atoms with van der Waals surface area (Å²) < 4.78 is 0. The van der Waals surface area contributed by atoms with Gasteiger partial charge in [-0.3, -0.25) is 9.69 Å². The zero-order chi connectivity index (χ0) is 16.4. The first-order chi connectivity index (χ1) is 11.1. The first kappa shape index (κ1) is 16.8. The molecule has 0 spiro atoms. The summed E-state index contributed by atoms with van der Waals surface area (Å²) in [5, 5.41) is 5.82. The SMILES string of the molecule is CC(CNC(=O)c1cccc(Cl)c1Cl)N1CCc2sccc2C1. The number of amides is 1. The molecule has 1 aromatic carbocycles. The van der Waals surface area contributed by atoms with Crippen LogP contribution in [0.25, 0.3) is 0 Å². The fraction of sp³-hybridized carbons (Fsp3) is 0.353. The number of carbonyl (C=O) groups is 1. The van der Waals surface area contributed by atoms with Crippen molar-refractivity contribution in [2.75, 3.05) is 13.1 Å². The van der Waals surface area contributed by atoms with Gasteiger partial charge in [0, 0.05) is 30.6 Å². The van der Waals surface area contributed by atoms with E-state index in [9.17, 15) is 4.79 Å². The third kappa shape index (κ3) is 3.72. The minimum atomic E-state index is -0.183. The number of benzene rings is 1. The molecule has 0 aliphatic carbocycles. The van der Waals surface area contributed by atoms with Crippen molar-refractivity contribution in [3.05, 3.63) is 55.7 Å². The molecule has 1 aromatic heterocycles. The molecule has 0 fully saturated rings. The van der Waals surface area contributed by atoms with Crippen LogP contribution in [-0.4, -0.2) is 29.9 Å². The van der Waals surface area contributed by atoms with Gasteiger partial charge in [-0.25, -0.2) is 0 Å². The Morgan fingerprint density at radius 2 is 2.22 bits per heavy atom. The molecule has 0 saturated heterocycles. The van der Waals surface area contributed by atoms with Crippen LogP contribution in [0.15, 0.2) is 29.6 Å². The number of carbonyl (C=O) groups excluding carboxylic acids is 1. The van der Waals surface area contributed by atoms with Crippen LogP contribution >= 0.6 is 34.5 Å². The van der Waals surface area contributed by atoms with Gasteiger partial charge in [-0.1, -0.05) is 29.3 Å². The fourth-order valence-electron chi connectivity index (χ4n) is 2.79. The average Bonchev–Trinajstić information content (AvgIpc) is 3.02. The lowest BCUT2D eigenvalue weighted by Crippen LogP contribution is -2.44. The van der Waals surface area contributed by atoms with Gasteiger partial charge in [0.1, 0.15) is 0 Å². The van der Waals surface area contributed by atoms with Crippen LogP contribution in [0.2, 0.25) is 10.0 Å². The molecule has 1 amide bonds. The lowest BCUT2D eigenvalue weighted by molar-refractivity contribution is 0.0933. The lowest BCUT2D eigenvalue weighted by atomic mass is 10.1. The minimum Gasteiger partial charge on any atom is -0.350 e. The van der Waals surface area contributed by atoms with E-state index < -0.39 is 0 Å². The summed E-state index contributed by atoms with van der Waals surface area (Å²) in [7, 11) is 0. The van der Waals surface area contributed by atoms with Crippen LogP contribution < -0.4 is 5.32 Å². The number of halogens is 2. The molecule has 2 aromatic rings. The van der Waals surface area contributed by atoms with Crippen molar-refractivity contribution in [2.24, 2.45) is 0 Å². The number of hydrogen-bond acceptors (Lipinski definition) is 3. The Hall–Kier alpha value is -1.07. The Morgan fingerprint density at radius 1 is 1.39 bits per heavy atom. The van der Waals surface area contributed by atoms with E-state index in [0.717, 1.165) is 19.5 Å². The first-order valence-corrected chi connectivity index (χ1v) is 9.21. The number of thiophene rings is 1. The summed E-state index contributed by atoms with van der Waals surface area (Å²) in [4.78, 5) is 16.2. The van der Waals surface area contributed by atoms with Gasteiger partial charge in [-0.15, -0.1) is 11.3 Å². The first-order valence-electron chi connectivity index (χ1n) is 7.57. The second kappa shape index (κ2) is 7.22. The normalized spacial score (nSPS) is 16.0. The number of rotatable bonds is 4. The van der Waals surface area contributed by atoms with Gasteiger partial charge < -0.3 is 5.32 Å². The number of nitrogens with one attached hydrogen (secondary N) is 1. The molecule has 0 saturated carbocycles. The van der Waals surface area contributed by atoms with Crippen molar-refractivity contribution >= 4 is 40.4 Å². The molecule has 3 nitrogen and oxygen atoms in total. The van der Waals surface area contributed by atoms with E-state index in [-0.39, 0.29) is 11.9 Å². The molecule has 2 heterocycles. The lowest BCUT2D eigenvalue weighted by Gasteiger charge is -2.32. The van der Waals surface area contributed by atoms with Crippen LogP contribution in [0.4, 0.5) is 0 Å². The smallest absolute Gasteiger partial charge is 0.252 e. The summed E-state index contributed by atoms with van der Waals surface area (Å²) in [5.74, 6) is -0.183. The Kier molecular flexibility index (Phi) is 5.27. The molecule has 1 aliphatic rings. The van der Waals surface area contributed by atoms with E-state index in [1.165, 1.54) is 10.4 Å². The van der Waals surface area contributed by atoms with E-state index in [1.54, 1.807) is 18.2 Å². The van der Waals surface area contributed by atoms with Gasteiger partial charge in [-0.05, 0) is 42.5 Å². The van der Waals surface area contributed by atoms with E-state index in [0.29, 0.717) is 22.2 Å². The van der Waals surface area contributed by atoms with Crippen LogP contribution in [0.3, 0.4) is 0 Å². The fourth-order valence-corrected chi connectivity index (χ4v) is 4.07. The number of nitrogens with zero attached hydrogens (tertiary/aromatic N) is 1. The number of hydrogen-bond donors (Lipinski definition) is 1. The van der Waals surface area contributed by atoms with Crippen LogP contribution in [-0.2, 0) is 13.0 Å². The second-order valence-electron chi connectivity index (χ2n) is 5.75. The van der Waals surface area contributed by atoms with E-state index in [2.05, 4.69) is 28.6 Å². The van der Waals surface area contributed by atoms with E-state index >= 15 is 0 Å². The summed E-state index contributed by atoms with van der Waals surface area (Å²) >= 11 is 13.9. The Balaban J connectivity index is 1.58. The van der Waals surface area contributed by atoms with Crippen molar-refractivity contribution in [1.82, 2.24) is 10.2 Å². The Morgan fingerprint density at radius 3 is 3.04 bits per heavy atom. The average molecular weight is 369 g/mol.